The van der Waals surface area contributed by atoms with Crippen molar-refractivity contribution in [3.63, 3.8) is 0 Å². The molecule has 0 unspecified atom stereocenters. The molecule has 41 heavy (non-hydrogen) atoms. The minimum Gasteiger partial charge on any atom is -0.331 e. The number of anilines is 1. The number of carbonyl (C=O) groups is 2. The molecule has 0 bridgehead atoms. The molecule has 2 aliphatic rings. The zero-order valence-corrected chi connectivity index (χ0v) is 24.8. The van der Waals surface area contributed by atoms with E-state index in [0.29, 0.717) is 24.9 Å². The molecule has 0 radical (unpaired) electrons. The van der Waals surface area contributed by atoms with E-state index in [4.69, 9.17) is 0 Å². The molecule has 2 heterocycles. The Kier molecular flexibility index (Phi) is 8.60. The van der Waals surface area contributed by atoms with Gasteiger partial charge in [-0.15, -0.1) is 0 Å². The quantitative estimate of drug-likeness (QED) is 0.348. The fraction of sp³-hybridized carbons (Fsp3) is 0.429. The highest BCUT2D eigenvalue weighted by atomic mass is 19.1. The van der Waals surface area contributed by atoms with E-state index in [2.05, 4.69) is 61.3 Å². The Bertz CT molecular complexity index is 1370. The predicted octanol–water partition coefficient (Wildman–Crippen LogP) is 7.26. The fourth-order valence-electron chi connectivity index (χ4n) is 6.27. The average molecular weight is 556 g/mol. The van der Waals surface area contributed by atoms with Crippen LogP contribution in [-0.2, 0) is 16.8 Å². The van der Waals surface area contributed by atoms with E-state index in [-0.39, 0.29) is 22.8 Å². The van der Waals surface area contributed by atoms with Crippen molar-refractivity contribution in [2.75, 3.05) is 25.0 Å². The topological polar surface area (TPSA) is 52.7 Å². The SMILES string of the molecule is Cc1cccc(F)c1C(=O)N1CCC[C@H](C(=O)Nc2cccc(C(C)(C)C)c2)[C@@H]1c1ccc(CN2CCCC2)cc1. The van der Waals surface area contributed by atoms with Crippen molar-refractivity contribution in [2.45, 2.75) is 71.4 Å². The first-order chi connectivity index (χ1) is 19.6. The highest BCUT2D eigenvalue weighted by Crippen LogP contribution is 2.39. The second-order valence-corrected chi connectivity index (χ2v) is 12.7. The lowest BCUT2D eigenvalue weighted by molar-refractivity contribution is -0.123. The first-order valence-electron chi connectivity index (χ1n) is 14.9. The fourth-order valence-corrected chi connectivity index (χ4v) is 6.27. The number of nitrogens with zero attached hydrogens (tertiary/aromatic N) is 2. The lowest BCUT2D eigenvalue weighted by Crippen LogP contribution is -2.46. The summed E-state index contributed by atoms with van der Waals surface area (Å²) >= 11 is 0. The van der Waals surface area contributed by atoms with Gasteiger partial charge in [-0.2, -0.15) is 0 Å². The van der Waals surface area contributed by atoms with Crippen LogP contribution in [0.15, 0.2) is 66.7 Å². The van der Waals surface area contributed by atoms with Crippen LogP contribution in [0.4, 0.5) is 10.1 Å². The van der Waals surface area contributed by atoms with Crippen LogP contribution in [0.25, 0.3) is 0 Å². The van der Waals surface area contributed by atoms with Gasteiger partial charge in [0.2, 0.25) is 5.91 Å². The summed E-state index contributed by atoms with van der Waals surface area (Å²) in [6.45, 7) is 11.8. The minimum absolute atomic E-state index is 0.0498. The van der Waals surface area contributed by atoms with Crippen LogP contribution >= 0.6 is 0 Å². The van der Waals surface area contributed by atoms with Gasteiger partial charge in [0.1, 0.15) is 5.82 Å². The van der Waals surface area contributed by atoms with E-state index in [0.717, 1.165) is 36.4 Å². The van der Waals surface area contributed by atoms with Crippen LogP contribution in [-0.4, -0.2) is 41.2 Å². The van der Waals surface area contributed by atoms with Crippen molar-refractivity contribution < 1.29 is 14.0 Å². The standard InChI is InChI=1S/C35H42FN3O2/c1-24-10-7-14-30(36)31(24)34(41)39-21-9-13-29(33(40)37-28-12-8-11-27(22-28)35(2,3)4)32(39)26-17-15-25(16-18-26)23-38-19-5-6-20-38/h7-8,10-12,14-18,22,29,32H,5-6,9,13,19-21,23H2,1-4H3,(H,37,40)/t29-,32-/m0/s1. The molecule has 6 heteroatoms. The van der Waals surface area contributed by atoms with E-state index >= 15 is 0 Å². The third kappa shape index (κ3) is 6.54. The number of amides is 2. The van der Waals surface area contributed by atoms with Gasteiger partial charge in [0.25, 0.3) is 5.91 Å². The van der Waals surface area contributed by atoms with Crippen LogP contribution < -0.4 is 5.32 Å². The summed E-state index contributed by atoms with van der Waals surface area (Å²) in [7, 11) is 0. The van der Waals surface area contributed by atoms with Gasteiger partial charge in [-0.3, -0.25) is 14.5 Å². The Morgan fingerprint density at radius 2 is 1.63 bits per heavy atom. The molecule has 5 rings (SSSR count). The summed E-state index contributed by atoms with van der Waals surface area (Å²) < 4.78 is 15.0. The van der Waals surface area contributed by atoms with Gasteiger partial charge in [-0.25, -0.2) is 4.39 Å². The van der Waals surface area contributed by atoms with E-state index in [9.17, 15) is 14.0 Å². The van der Waals surface area contributed by atoms with Gasteiger partial charge in [0.15, 0.2) is 0 Å². The second kappa shape index (κ2) is 12.2. The lowest BCUT2D eigenvalue weighted by Gasteiger charge is -2.41. The number of hydrogen-bond acceptors (Lipinski definition) is 3. The van der Waals surface area contributed by atoms with Crippen LogP contribution in [0.3, 0.4) is 0 Å². The highest BCUT2D eigenvalue weighted by molar-refractivity contribution is 5.98. The number of carbonyl (C=O) groups excluding carboxylic acids is 2. The Morgan fingerprint density at radius 1 is 0.927 bits per heavy atom. The Balaban J connectivity index is 1.47. The maximum atomic E-state index is 15.0. The van der Waals surface area contributed by atoms with Gasteiger partial charge in [0, 0.05) is 18.8 Å². The monoisotopic (exact) mass is 555 g/mol. The van der Waals surface area contributed by atoms with E-state index in [1.165, 1.54) is 24.5 Å². The third-order valence-corrected chi connectivity index (χ3v) is 8.59. The number of piperidine rings is 1. The molecule has 5 nitrogen and oxygen atoms in total. The Morgan fingerprint density at radius 3 is 2.32 bits per heavy atom. The summed E-state index contributed by atoms with van der Waals surface area (Å²) in [5.41, 5.74) is 4.63. The number of likely N-dealkylation sites (tertiary alicyclic amines) is 2. The molecule has 2 fully saturated rings. The molecule has 0 saturated carbocycles. The van der Waals surface area contributed by atoms with Crippen molar-refractivity contribution in [2.24, 2.45) is 5.92 Å². The number of benzene rings is 3. The van der Waals surface area contributed by atoms with E-state index in [1.54, 1.807) is 24.0 Å². The summed E-state index contributed by atoms with van der Waals surface area (Å²) in [5.74, 6) is -1.48. The minimum atomic E-state index is -0.528. The number of hydrogen-bond donors (Lipinski definition) is 1. The first kappa shape index (κ1) is 29.0. The van der Waals surface area contributed by atoms with Gasteiger partial charge >= 0.3 is 0 Å². The van der Waals surface area contributed by atoms with Gasteiger partial charge in [-0.1, -0.05) is 69.3 Å². The van der Waals surface area contributed by atoms with E-state index in [1.807, 2.05) is 18.2 Å². The zero-order chi connectivity index (χ0) is 29.1. The molecule has 216 valence electrons. The highest BCUT2D eigenvalue weighted by Gasteiger charge is 2.40. The lowest BCUT2D eigenvalue weighted by atomic mass is 9.82. The molecular weight excluding hydrogens is 513 g/mol. The van der Waals surface area contributed by atoms with Gasteiger partial charge in [-0.05, 0) is 91.6 Å². The molecule has 0 aliphatic carbocycles. The molecule has 3 aromatic rings. The largest absolute Gasteiger partial charge is 0.331 e. The first-order valence-corrected chi connectivity index (χ1v) is 14.9. The Labute approximate surface area is 243 Å². The zero-order valence-electron chi connectivity index (χ0n) is 24.8. The predicted molar refractivity (Wildman–Crippen MR) is 162 cm³/mol. The summed E-state index contributed by atoms with van der Waals surface area (Å²) in [4.78, 5) is 32.0. The van der Waals surface area contributed by atoms with Crippen LogP contribution in [0.1, 0.15) is 85.1 Å². The third-order valence-electron chi connectivity index (χ3n) is 8.59. The Hall–Kier alpha value is -3.51. The molecule has 0 spiro atoms. The summed E-state index contributed by atoms with van der Waals surface area (Å²) in [6.07, 6.45) is 3.79. The number of rotatable bonds is 6. The molecule has 3 aromatic carbocycles. The second-order valence-electron chi connectivity index (χ2n) is 12.7. The summed E-state index contributed by atoms with van der Waals surface area (Å²) in [6, 6.07) is 20.5. The molecule has 2 amide bonds. The summed E-state index contributed by atoms with van der Waals surface area (Å²) in [5, 5.41) is 3.15. The van der Waals surface area contributed by atoms with Gasteiger partial charge < -0.3 is 10.2 Å². The molecule has 0 aromatic heterocycles. The van der Waals surface area contributed by atoms with Gasteiger partial charge in [0.05, 0.1) is 17.5 Å². The molecule has 1 N–H and O–H groups in total. The molecule has 2 aliphatic heterocycles. The van der Waals surface area contributed by atoms with E-state index < -0.39 is 17.8 Å². The average Bonchev–Trinajstić information content (AvgIpc) is 3.46. The van der Waals surface area contributed by atoms with Crippen molar-refractivity contribution in [1.29, 1.82) is 0 Å². The number of halogens is 1. The van der Waals surface area contributed by atoms with Crippen LogP contribution in [0.2, 0.25) is 0 Å². The van der Waals surface area contributed by atoms with Crippen molar-refractivity contribution in [3.8, 4) is 0 Å². The maximum absolute atomic E-state index is 15.0. The van der Waals surface area contributed by atoms with Crippen LogP contribution in [0.5, 0.6) is 0 Å². The maximum Gasteiger partial charge on any atom is 0.257 e. The number of aryl methyl sites for hydroxylation is 1. The van der Waals surface area contributed by atoms with Crippen LogP contribution in [0, 0.1) is 18.7 Å². The smallest absolute Gasteiger partial charge is 0.257 e. The van der Waals surface area contributed by atoms with Crippen molar-refractivity contribution >= 4 is 17.5 Å². The van der Waals surface area contributed by atoms with Crippen molar-refractivity contribution in [3.05, 3.63) is 100 Å². The molecule has 2 atom stereocenters. The normalized spacial score (nSPS) is 19.8. The van der Waals surface area contributed by atoms with Crippen molar-refractivity contribution in [1.82, 2.24) is 9.80 Å². The molecular formula is C35H42FN3O2. The number of nitrogens with one attached hydrogen (secondary N) is 1. The molecule has 2 saturated heterocycles.